The van der Waals surface area contributed by atoms with E-state index < -0.39 is 28.7 Å². The van der Waals surface area contributed by atoms with Crippen molar-refractivity contribution in [3.8, 4) is 5.75 Å². The molecule has 0 spiro atoms. The zero-order valence-electron chi connectivity index (χ0n) is 7.50. The molecule has 0 aliphatic rings. The topological polar surface area (TPSA) is 59.4 Å². The monoisotopic (exact) mass is 237 g/mol. The van der Waals surface area contributed by atoms with Crippen LogP contribution in [0.25, 0.3) is 0 Å². The van der Waals surface area contributed by atoms with Gasteiger partial charge in [-0.15, -0.1) is 0 Å². The van der Waals surface area contributed by atoms with Gasteiger partial charge in [0, 0.05) is 0 Å². The minimum absolute atomic E-state index is 0.248. The molecule has 15 heavy (non-hydrogen) atoms. The maximum Gasteiger partial charge on any atom is 0.340 e. The summed E-state index contributed by atoms with van der Waals surface area (Å²) in [6, 6.07) is 0. The van der Waals surface area contributed by atoms with Crippen molar-refractivity contribution < 1.29 is 23.4 Å². The maximum atomic E-state index is 12.5. The summed E-state index contributed by atoms with van der Waals surface area (Å²) in [6.45, 7) is 0. The van der Waals surface area contributed by atoms with E-state index in [0.717, 1.165) is 13.3 Å². The standard InChI is InChI=1S/C8H6ClF2NO3/c1-15-3-2-12-6(9)5(7(10)11)4(3)8(13)14/h2,7H,1H3,(H,13,14). The van der Waals surface area contributed by atoms with E-state index in [-0.39, 0.29) is 5.75 Å². The number of aromatic carboxylic acids is 1. The predicted molar refractivity (Wildman–Crippen MR) is 47.7 cm³/mol. The number of ether oxygens (including phenoxy) is 1. The van der Waals surface area contributed by atoms with Gasteiger partial charge < -0.3 is 9.84 Å². The van der Waals surface area contributed by atoms with Crippen LogP contribution in [0.1, 0.15) is 22.3 Å². The third kappa shape index (κ3) is 2.15. The minimum Gasteiger partial charge on any atom is -0.494 e. The van der Waals surface area contributed by atoms with Gasteiger partial charge in [0.15, 0.2) is 5.75 Å². The molecule has 1 aromatic heterocycles. The second-order valence-electron chi connectivity index (χ2n) is 2.51. The molecule has 82 valence electrons. The molecule has 0 unspecified atom stereocenters. The number of hydrogen-bond acceptors (Lipinski definition) is 3. The highest BCUT2D eigenvalue weighted by atomic mass is 35.5. The Hall–Kier alpha value is -1.43. The Kier molecular flexibility index (Phi) is 3.41. The van der Waals surface area contributed by atoms with Gasteiger partial charge in [0.05, 0.1) is 18.9 Å². The Morgan fingerprint density at radius 1 is 1.67 bits per heavy atom. The van der Waals surface area contributed by atoms with Crippen LogP contribution in [0.5, 0.6) is 5.75 Å². The molecule has 0 fully saturated rings. The second kappa shape index (κ2) is 4.39. The molecule has 7 heteroatoms. The molecule has 1 heterocycles. The van der Waals surface area contributed by atoms with Crippen LogP contribution in [0.2, 0.25) is 5.15 Å². The summed E-state index contributed by atoms with van der Waals surface area (Å²) >= 11 is 5.39. The van der Waals surface area contributed by atoms with Crippen LogP contribution in [0, 0.1) is 0 Å². The molecule has 4 nitrogen and oxygen atoms in total. The van der Waals surface area contributed by atoms with Gasteiger partial charge in [-0.05, 0) is 0 Å². The van der Waals surface area contributed by atoms with Gasteiger partial charge in [-0.3, -0.25) is 0 Å². The smallest absolute Gasteiger partial charge is 0.340 e. The average molecular weight is 238 g/mol. The zero-order valence-corrected chi connectivity index (χ0v) is 8.26. The lowest BCUT2D eigenvalue weighted by atomic mass is 10.1. The van der Waals surface area contributed by atoms with Gasteiger partial charge in [0.25, 0.3) is 6.43 Å². The summed E-state index contributed by atoms with van der Waals surface area (Å²) in [5.74, 6) is -1.78. The Morgan fingerprint density at radius 2 is 2.27 bits per heavy atom. The maximum absolute atomic E-state index is 12.5. The molecule has 0 bridgehead atoms. The number of halogens is 3. The molecule has 1 rings (SSSR count). The number of alkyl halides is 2. The van der Waals surface area contributed by atoms with Crippen LogP contribution in [0.3, 0.4) is 0 Å². The number of carboxylic acid groups (broad SMARTS) is 1. The Balaban J connectivity index is 3.51. The highest BCUT2D eigenvalue weighted by Gasteiger charge is 2.26. The van der Waals surface area contributed by atoms with E-state index >= 15 is 0 Å². The van der Waals surface area contributed by atoms with E-state index in [4.69, 9.17) is 16.7 Å². The fourth-order valence-corrected chi connectivity index (χ4v) is 1.29. The van der Waals surface area contributed by atoms with Gasteiger partial charge in [-0.2, -0.15) is 0 Å². The van der Waals surface area contributed by atoms with Crippen molar-refractivity contribution in [1.29, 1.82) is 0 Å². The van der Waals surface area contributed by atoms with Crippen molar-refractivity contribution in [2.24, 2.45) is 0 Å². The Labute approximate surface area is 88.4 Å². The molecular formula is C8H6ClF2NO3. The van der Waals surface area contributed by atoms with Gasteiger partial charge >= 0.3 is 5.97 Å². The van der Waals surface area contributed by atoms with Crippen molar-refractivity contribution in [2.45, 2.75) is 6.43 Å². The van der Waals surface area contributed by atoms with Gasteiger partial charge in [-0.25, -0.2) is 18.6 Å². The van der Waals surface area contributed by atoms with Crippen molar-refractivity contribution in [3.05, 3.63) is 22.5 Å². The van der Waals surface area contributed by atoms with E-state index in [1.54, 1.807) is 0 Å². The highest BCUT2D eigenvalue weighted by molar-refractivity contribution is 6.30. The number of hydrogen-bond donors (Lipinski definition) is 1. The number of rotatable bonds is 3. The number of methoxy groups -OCH3 is 1. The first-order chi connectivity index (χ1) is 6.99. The average Bonchev–Trinajstić information content (AvgIpc) is 2.16. The number of carbonyl (C=O) groups is 1. The number of aromatic nitrogens is 1. The lowest BCUT2D eigenvalue weighted by molar-refractivity contribution is 0.0680. The van der Waals surface area contributed by atoms with Crippen molar-refractivity contribution in [3.63, 3.8) is 0 Å². The summed E-state index contributed by atoms with van der Waals surface area (Å²) in [7, 11) is 1.16. The van der Waals surface area contributed by atoms with Gasteiger partial charge in [0.1, 0.15) is 10.7 Å². The molecule has 0 saturated heterocycles. The molecule has 0 aromatic carbocycles. The van der Waals surface area contributed by atoms with E-state index in [1.165, 1.54) is 0 Å². The minimum atomic E-state index is -3.02. The van der Waals surface area contributed by atoms with E-state index in [1.807, 2.05) is 0 Å². The van der Waals surface area contributed by atoms with Crippen LogP contribution in [0.15, 0.2) is 6.20 Å². The third-order valence-corrected chi connectivity index (χ3v) is 1.99. The fraction of sp³-hybridized carbons (Fsp3) is 0.250. The quantitative estimate of drug-likeness (QED) is 0.820. The van der Waals surface area contributed by atoms with Crippen molar-refractivity contribution in [2.75, 3.05) is 7.11 Å². The summed E-state index contributed by atoms with van der Waals surface area (Å²) in [5.41, 5.74) is -1.49. The lowest BCUT2D eigenvalue weighted by Crippen LogP contribution is -2.07. The SMILES string of the molecule is COc1cnc(Cl)c(C(F)F)c1C(=O)O. The molecule has 1 aromatic rings. The first kappa shape index (κ1) is 11.6. The largest absolute Gasteiger partial charge is 0.494 e. The molecule has 0 saturated carbocycles. The van der Waals surface area contributed by atoms with Crippen LogP contribution in [-0.4, -0.2) is 23.2 Å². The Bertz CT molecular complexity index is 398. The van der Waals surface area contributed by atoms with Crippen LogP contribution in [0.4, 0.5) is 8.78 Å². The fourth-order valence-electron chi connectivity index (χ4n) is 1.06. The number of pyridine rings is 1. The summed E-state index contributed by atoms with van der Waals surface area (Å²) < 4.78 is 29.7. The van der Waals surface area contributed by atoms with Gasteiger partial charge in [-0.1, -0.05) is 11.6 Å². The molecular weight excluding hydrogens is 232 g/mol. The molecule has 1 N–H and O–H groups in total. The summed E-state index contributed by atoms with van der Waals surface area (Å²) in [5, 5.41) is 8.21. The van der Waals surface area contributed by atoms with E-state index in [2.05, 4.69) is 9.72 Å². The predicted octanol–water partition coefficient (Wildman–Crippen LogP) is 2.38. The van der Waals surface area contributed by atoms with Crippen LogP contribution < -0.4 is 4.74 Å². The van der Waals surface area contributed by atoms with Crippen LogP contribution in [-0.2, 0) is 0 Å². The number of nitrogens with zero attached hydrogens (tertiary/aromatic N) is 1. The molecule has 0 atom stereocenters. The second-order valence-corrected chi connectivity index (χ2v) is 2.87. The normalized spacial score (nSPS) is 10.5. The number of carboxylic acids is 1. The zero-order chi connectivity index (χ0) is 11.6. The third-order valence-electron chi connectivity index (χ3n) is 1.69. The molecule has 0 radical (unpaired) electrons. The van der Waals surface area contributed by atoms with E-state index in [0.29, 0.717) is 0 Å². The van der Waals surface area contributed by atoms with Crippen LogP contribution >= 0.6 is 11.6 Å². The van der Waals surface area contributed by atoms with Crippen molar-refractivity contribution >= 4 is 17.6 Å². The summed E-state index contributed by atoms with van der Waals surface area (Å²) in [6.07, 6.45) is -2.04. The first-order valence-corrected chi connectivity index (χ1v) is 4.10. The molecule has 0 aliphatic carbocycles. The van der Waals surface area contributed by atoms with E-state index in [9.17, 15) is 13.6 Å². The van der Waals surface area contributed by atoms with Crippen molar-refractivity contribution in [1.82, 2.24) is 4.98 Å². The highest BCUT2D eigenvalue weighted by Crippen LogP contribution is 2.33. The lowest BCUT2D eigenvalue weighted by Gasteiger charge is -2.10. The van der Waals surface area contributed by atoms with Gasteiger partial charge in [0.2, 0.25) is 0 Å². The Morgan fingerprint density at radius 3 is 2.67 bits per heavy atom. The molecule has 0 amide bonds. The summed E-state index contributed by atoms with van der Waals surface area (Å²) in [4.78, 5) is 14.2. The first-order valence-electron chi connectivity index (χ1n) is 3.72. The molecule has 0 aliphatic heterocycles.